The molecule has 0 aliphatic carbocycles. The Kier molecular flexibility index (Phi) is 7.69. The fraction of sp³-hybridized carbons (Fsp3) is 0.778. The fourth-order valence-electron chi connectivity index (χ4n) is 1.03. The van der Waals surface area contributed by atoms with E-state index < -0.39 is 5.95 Å². The van der Waals surface area contributed by atoms with Gasteiger partial charge in [0.2, 0.25) is 0 Å². The molecule has 0 aromatic heterocycles. The first kappa shape index (κ1) is 12.4. The van der Waals surface area contributed by atoms with Crippen molar-refractivity contribution in [3.8, 4) is 0 Å². The Morgan fingerprint density at radius 2 is 1.38 bits per heavy atom. The molecule has 0 fully saturated rings. The summed E-state index contributed by atoms with van der Waals surface area (Å²) in [5.41, 5.74) is 0. The number of aliphatic hydroxyl groups excluding tert-OH is 2. The molecule has 0 aliphatic rings. The quantitative estimate of drug-likeness (QED) is 0.341. The zero-order valence-corrected chi connectivity index (χ0v) is 8.43. The number of hydrogen-bond acceptors (Lipinski definition) is 3. The Morgan fingerprint density at radius 1 is 0.846 bits per heavy atom. The zero-order valence-electron chi connectivity index (χ0n) is 7.67. The van der Waals surface area contributed by atoms with Gasteiger partial charge in [0, 0.05) is 12.3 Å². The second kappa shape index (κ2) is 8.05. The Morgan fingerprint density at radius 3 is 1.92 bits per heavy atom. The highest BCUT2D eigenvalue weighted by molar-refractivity contribution is 6.17. The van der Waals surface area contributed by atoms with Gasteiger partial charge in [-0.25, -0.2) is 0 Å². The SMILES string of the molecule is OC(O)=C(O)CCCCCCCCl. The molecule has 13 heavy (non-hydrogen) atoms. The van der Waals surface area contributed by atoms with Gasteiger partial charge in [-0.1, -0.05) is 19.3 Å². The molecule has 0 bridgehead atoms. The Hall–Kier alpha value is -0.570. The molecule has 0 heterocycles. The lowest BCUT2D eigenvalue weighted by Crippen LogP contribution is -1.90. The van der Waals surface area contributed by atoms with E-state index in [0.29, 0.717) is 12.3 Å². The van der Waals surface area contributed by atoms with Gasteiger partial charge in [0.05, 0.1) is 0 Å². The first-order valence-corrected chi connectivity index (χ1v) is 5.08. The molecule has 0 aromatic rings. The highest BCUT2D eigenvalue weighted by Gasteiger charge is 2.00. The van der Waals surface area contributed by atoms with E-state index in [0.717, 1.165) is 32.1 Å². The topological polar surface area (TPSA) is 60.7 Å². The number of aliphatic hydroxyl groups is 3. The lowest BCUT2D eigenvalue weighted by Gasteiger charge is -2.00. The molecule has 0 aromatic carbocycles. The van der Waals surface area contributed by atoms with Crippen LogP contribution in [0.1, 0.15) is 38.5 Å². The molecule has 0 atom stereocenters. The number of alkyl halides is 1. The van der Waals surface area contributed by atoms with E-state index in [-0.39, 0.29) is 5.76 Å². The molecule has 0 saturated carbocycles. The number of unbranched alkanes of at least 4 members (excludes halogenated alkanes) is 4. The third kappa shape index (κ3) is 7.78. The molecule has 3 N–H and O–H groups in total. The van der Waals surface area contributed by atoms with Gasteiger partial charge in [0.25, 0.3) is 0 Å². The van der Waals surface area contributed by atoms with Gasteiger partial charge in [-0.2, -0.15) is 0 Å². The van der Waals surface area contributed by atoms with Gasteiger partial charge in [-0.3, -0.25) is 0 Å². The summed E-state index contributed by atoms with van der Waals surface area (Å²) in [5, 5.41) is 25.7. The first-order chi connectivity index (χ1) is 6.18. The molecule has 0 saturated heterocycles. The molecule has 0 spiro atoms. The van der Waals surface area contributed by atoms with Gasteiger partial charge in [-0.15, -0.1) is 11.6 Å². The van der Waals surface area contributed by atoms with Crippen molar-refractivity contribution in [2.75, 3.05) is 5.88 Å². The summed E-state index contributed by atoms with van der Waals surface area (Å²) in [5.74, 6) is -0.583. The molecule has 0 aliphatic heterocycles. The normalized spacial score (nSPS) is 9.92. The van der Waals surface area contributed by atoms with Crippen LogP contribution in [-0.2, 0) is 0 Å². The van der Waals surface area contributed by atoms with Crippen molar-refractivity contribution in [3.05, 3.63) is 11.7 Å². The monoisotopic (exact) mass is 208 g/mol. The minimum Gasteiger partial charge on any atom is -0.506 e. The molecule has 0 radical (unpaired) electrons. The number of rotatable bonds is 7. The summed E-state index contributed by atoms with van der Waals surface area (Å²) in [7, 11) is 0. The van der Waals surface area contributed by atoms with Crippen LogP contribution in [0.15, 0.2) is 11.7 Å². The van der Waals surface area contributed by atoms with Crippen LogP contribution < -0.4 is 0 Å². The van der Waals surface area contributed by atoms with E-state index in [1.165, 1.54) is 0 Å². The van der Waals surface area contributed by atoms with Crippen LogP contribution >= 0.6 is 11.6 Å². The van der Waals surface area contributed by atoms with Gasteiger partial charge in [0.15, 0.2) is 5.76 Å². The Bertz CT molecular complexity index is 153. The molecule has 0 amide bonds. The van der Waals surface area contributed by atoms with E-state index in [1.807, 2.05) is 0 Å². The molecule has 0 unspecified atom stereocenters. The highest BCUT2D eigenvalue weighted by atomic mass is 35.5. The van der Waals surface area contributed by atoms with E-state index in [9.17, 15) is 0 Å². The second-order valence-corrected chi connectivity index (χ2v) is 3.36. The van der Waals surface area contributed by atoms with Crippen LogP contribution in [0.25, 0.3) is 0 Å². The van der Waals surface area contributed by atoms with E-state index in [2.05, 4.69) is 0 Å². The third-order valence-electron chi connectivity index (χ3n) is 1.81. The van der Waals surface area contributed by atoms with Crippen molar-refractivity contribution in [2.45, 2.75) is 38.5 Å². The van der Waals surface area contributed by atoms with Gasteiger partial charge >= 0.3 is 5.95 Å². The van der Waals surface area contributed by atoms with E-state index >= 15 is 0 Å². The maximum atomic E-state index is 8.89. The van der Waals surface area contributed by atoms with Crippen molar-refractivity contribution in [2.24, 2.45) is 0 Å². The van der Waals surface area contributed by atoms with Gasteiger partial charge in [-0.05, 0) is 12.8 Å². The van der Waals surface area contributed by atoms with Crippen LogP contribution in [0.2, 0.25) is 0 Å². The summed E-state index contributed by atoms with van der Waals surface area (Å²) in [6, 6.07) is 0. The maximum absolute atomic E-state index is 8.89. The van der Waals surface area contributed by atoms with Crippen molar-refractivity contribution in [3.63, 3.8) is 0 Å². The van der Waals surface area contributed by atoms with Crippen LogP contribution in [0.4, 0.5) is 0 Å². The molecule has 3 nitrogen and oxygen atoms in total. The highest BCUT2D eigenvalue weighted by Crippen LogP contribution is 2.10. The minimum atomic E-state index is -0.958. The first-order valence-electron chi connectivity index (χ1n) is 4.54. The smallest absolute Gasteiger partial charge is 0.313 e. The Labute approximate surface area is 83.7 Å². The second-order valence-electron chi connectivity index (χ2n) is 2.98. The molecule has 0 rings (SSSR count). The third-order valence-corrected chi connectivity index (χ3v) is 2.07. The molecule has 78 valence electrons. The van der Waals surface area contributed by atoms with Gasteiger partial charge in [0.1, 0.15) is 0 Å². The van der Waals surface area contributed by atoms with E-state index in [4.69, 9.17) is 26.9 Å². The van der Waals surface area contributed by atoms with Crippen LogP contribution in [-0.4, -0.2) is 21.2 Å². The standard InChI is InChI=1S/C9H17ClO3/c10-7-5-3-1-2-4-6-8(11)9(12)13/h11-13H,1-7H2. The van der Waals surface area contributed by atoms with Crippen molar-refractivity contribution < 1.29 is 15.3 Å². The number of allylic oxidation sites excluding steroid dienone is 1. The van der Waals surface area contributed by atoms with Gasteiger partial charge < -0.3 is 15.3 Å². The summed E-state index contributed by atoms with van der Waals surface area (Å²) < 4.78 is 0. The fourth-order valence-corrected chi connectivity index (χ4v) is 1.22. The summed E-state index contributed by atoms with van der Waals surface area (Å²) in [4.78, 5) is 0. The van der Waals surface area contributed by atoms with Crippen molar-refractivity contribution in [1.29, 1.82) is 0 Å². The molecular weight excluding hydrogens is 192 g/mol. The van der Waals surface area contributed by atoms with E-state index in [1.54, 1.807) is 0 Å². The predicted octanol–water partition coefficient (Wildman–Crippen LogP) is 3.41. The van der Waals surface area contributed by atoms with Crippen molar-refractivity contribution >= 4 is 11.6 Å². The largest absolute Gasteiger partial charge is 0.506 e. The lowest BCUT2D eigenvalue weighted by molar-refractivity contribution is 0.153. The summed E-state index contributed by atoms with van der Waals surface area (Å²) in [6.45, 7) is 0. The zero-order chi connectivity index (χ0) is 10.1. The average Bonchev–Trinajstić information content (AvgIpc) is 2.10. The van der Waals surface area contributed by atoms with Crippen molar-refractivity contribution in [1.82, 2.24) is 0 Å². The molecular formula is C9H17ClO3. The number of hydrogen-bond donors (Lipinski definition) is 3. The lowest BCUT2D eigenvalue weighted by atomic mass is 10.1. The van der Waals surface area contributed by atoms with Crippen LogP contribution in [0, 0.1) is 0 Å². The summed E-state index contributed by atoms with van der Waals surface area (Å²) in [6.07, 6.45) is 5.29. The minimum absolute atomic E-state index is 0.322. The maximum Gasteiger partial charge on any atom is 0.313 e. The summed E-state index contributed by atoms with van der Waals surface area (Å²) >= 11 is 5.49. The Balaban J connectivity index is 3.22. The molecule has 4 heteroatoms. The average molecular weight is 209 g/mol. The van der Waals surface area contributed by atoms with Crippen LogP contribution in [0.5, 0.6) is 0 Å². The predicted molar refractivity (Wildman–Crippen MR) is 53.3 cm³/mol. The van der Waals surface area contributed by atoms with Crippen LogP contribution in [0.3, 0.4) is 0 Å². The number of halogens is 1.